The monoisotopic (exact) mass is 292 g/mol. The van der Waals surface area contributed by atoms with Gasteiger partial charge in [-0.15, -0.1) is 0 Å². The van der Waals surface area contributed by atoms with E-state index in [1.807, 2.05) is 0 Å². The first kappa shape index (κ1) is 15.3. The molecule has 0 aliphatic carbocycles. The van der Waals surface area contributed by atoms with Crippen LogP contribution in [0.15, 0.2) is 18.2 Å². The van der Waals surface area contributed by atoms with Crippen LogP contribution in [0.1, 0.15) is 32.3 Å². The maximum atomic E-state index is 12.4. The molecular formula is C15H20N2O4. The van der Waals surface area contributed by atoms with Gasteiger partial charge in [-0.2, -0.15) is 0 Å². The Kier molecular flexibility index (Phi) is 3.91. The highest BCUT2D eigenvalue weighted by atomic mass is 16.6. The van der Waals surface area contributed by atoms with Crippen molar-refractivity contribution in [2.75, 3.05) is 18.7 Å². The average molecular weight is 292 g/mol. The topological polar surface area (TPSA) is 81.9 Å². The number of hydrogen-bond donors (Lipinski definition) is 1. The van der Waals surface area contributed by atoms with Crippen molar-refractivity contribution in [2.45, 2.75) is 32.3 Å². The summed E-state index contributed by atoms with van der Waals surface area (Å²) in [6, 6.07) is 5.13. The molecule has 0 radical (unpaired) electrons. The Morgan fingerprint density at radius 1 is 1.38 bits per heavy atom. The normalized spacial score (nSPS) is 17.7. The molecule has 1 aromatic carbocycles. The first-order valence-electron chi connectivity index (χ1n) is 6.70. The summed E-state index contributed by atoms with van der Waals surface area (Å²) in [5.74, 6) is -1.35. The van der Waals surface area contributed by atoms with Crippen molar-refractivity contribution < 1.29 is 19.1 Å². The maximum Gasteiger partial charge on any atom is 0.323 e. The number of hydrogen-bond acceptors (Lipinski definition) is 5. The lowest BCUT2D eigenvalue weighted by molar-refractivity contribution is -0.158. The number of ether oxygens (including phenoxy) is 2. The number of nitrogens with two attached hydrogens (primary N) is 1. The van der Waals surface area contributed by atoms with Crippen molar-refractivity contribution >= 4 is 17.6 Å². The number of benzene rings is 1. The minimum absolute atomic E-state index is 0.0114. The largest absolute Gasteiger partial charge is 0.497 e. The lowest BCUT2D eigenvalue weighted by Crippen LogP contribution is -2.37. The van der Waals surface area contributed by atoms with Crippen LogP contribution in [0.4, 0.5) is 5.69 Å². The van der Waals surface area contributed by atoms with E-state index in [0.717, 1.165) is 0 Å². The second-order valence-electron chi connectivity index (χ2n) is 5.84. The molecule has 21 heavy (non-hydrogen) atoms. The minimum Gasteiger partial charge on any atom is -0.497 e. The number of fused-ring (bicyclic) bond motifs is 1. The van der Waals surface area contributed by atoms with Gasteiger partial charge in [0.15, 0.2) is 5.92 Å². The van der Waals surface area contributed by atoms with Crippen LogP contribution in [0.2, 0.25) is 0 Å². The molecule has 6 heteroatoms. The van der Waals surface area contributed by atoms with Gasteiger partial charge in [-0.05, 0) is 39.0 Å². The molecule has 2 rings (SSSR count). The van der Waals surface area contributed by atoms with Crippen molar-refractivity contribution in [1.29, 1.82) is 0 Å². The van der Waals surface area contributed by atoms with Gasteiger partial charge in [-0.1, -0.05) is 0 Å². The van der Waals surface area contributed by atoms with E-state index in [1.165, 1.54) is 12.0 Å². The molecule has 1 aromatic rings. The number of amides is 1. The molecule has 114 valence electrons. The van der Waals surface area contributed by atoms with Gasteiger partial charge < -0.3 is 15.2 Å². The molecule has 0 bridgehead atoms. The van der Waals surface area contributed by atoms with Gasteiger partial charge in [0.05, 0.1) is 13.8 Å². The SMILES string of the molecule is COc1ccc2c(c1)C(C(=O)OC(C)(C)C)C(=O)N2CN. The third-order valence-electron chi connectivity index (χ3n) is 3.17. The van der Waals surface area contributed by atoms with Gasteiger partial charge >= 0.3 is 5.97 Å². The molecule has 1 aliphatic rings. The molecular weight excluding hydrogens is 272 g/mol. The smallest absolute Gasteiger partial charge is 0.323 e. The van der Waals surface area contributed by atoms with E-state index < -0.39 is 17.5 Å². The summed E-state index contributed by atoms with van der Waals surface area (Å²) < 4.78 is 10.5. The molecule has 2 N–H and O–H groups in total. The van der Waals surface area contributed by atoms with Crippen molar-refractivity contribution in [3.63, 3.8) is 0 Å². The summed E-state index contributed by atoms with van der Waals surface area (Å²) in [6.07, 6.45) is 0. The molecule has 6 nitrogen and oxygen atoms in total. The summed E-state index contributed by atoms with van der Waals surface area (Å²) in [4.78, 5) is 26.1. The lowest BCUT2D eigenvalue weighted by atomic mass is 10.00. The minimum atomic E-state index is -0.988. The third-order valence-corrected chi connectivity index (χ3v) is 3.17. The third kappa shape index (κ3) is 2.85. The summed E-state index contributed by atoms with van der Waals surface area (Å²) in [6.45, 7) is 5.30. The Morgan fingerprint density at radius 2 is 2.05 bits per heavy atom. The molecule has 0 aromatic heterocycles. The molecule has 0 fully saturated rings. The fourth-order valence-corrected chi connectivity index (χ4v) is 2.32. The first-order valence-corrected chi connectivity index (χ1v) is 6.70. The summed E-state index contributed by atoms with van der Waals surface area (Å²) in [5.41, 5.74) is 6.15. The van der Waals surface area contributed by atoms with Crippen LogP contribution in [0.25, 0.3) is 0 Å². The van der Waals surface area contributed by atoms with Gasteiger partial charge in [-0.25, -0.2) is 0 Å². The van der Waals surface area contributed by atoms with Gasteiger partial charge in [0.25, 0.3) is 0 Å². The van der Waals surface area contributed by atoms with Gasteiger partial charge in [0.2, 0.25) is 5.91 Å². The second-order valence-corrected chi connectivity index (χ2v) is 5.84. The molecule has 1 aliphatic heterocycles. The quantitative estimate of drug-likeness (QED) is 0.672. The summed E-state index contributed by atoms with van der Waals surface area (Å²) >= 11 is 0. The molecule has 0 saturated heterocycles. The van der Waals surface area contributed by atoms with Crippen molar-refractivity contribution in [3.8, 4) is 5.75 Å². The van der Waals surface area contributed by atoms with Gasteiger partial charge in [0.1, 0.15) is 11.4 Å². The number of anilines is 1. The molecule has 1 amide bonds. The zero-order chi connectivity index (χ0) is 15.8. The molecule has 1 atom stereocenters. The number of nitrogens with zero attached hydrogens (tertiary/aromatic N) is 1. The van der Waals surface area contributed by atoms with E-state index in [2.05, 4.69) is 0 Å². The van der Waals surface area contributed by atoms with E-state index in [0.29, 0.717) is 17.0 Å². The fourth-order valence-electron chi connectivity index (χ4n) is 2.32. The highest BCUT2D eigenvalue weighted by molar-refractivity contribution is 6.16. The Labute approximate surface area is 123 Å². The second kappa shape index (κ2) is 5.37. The summed E-state index contributed by atoms with van der Waals surface area (Å²) in [7, 11) is 1.53. The Morgan fingerprint density at radius 3 is 2.57 bits per heavy atom. The Balaban J connectivity index is 2.44. The van der Waals surface area contributed by atoms with Crippen LogP contribution < -0.4 is 15.4 Å². The molecule has 0 spiro atoms. The van der Waals surface area contributed by atoms with E-state index >= 15 is 0 Å². The van der Waals surface area contributed by atoms with Crippen molar-refractivity contribution in [1.82, 2.24) is 0 Å². The number of esters is 1. The zero-order valence-electron chi connectivity index (χ0n) is 12.7. The maximum absolute atomic E-state index is 12.4. The predicted octanol–water partition coefficient (Wildman–Crippen LogP) is 1.38. The van der Waals surface area contributed by atoms with E-state index in [4.69, 9.17) is 15.2 Å². The van der Waals surface area contributed by atoms with Crippen LogP contribution in [0, 0.1) is 0 Å². The Hall–Kier alpha value is -2.08. The van der Waals surface area contributed by atoms with Crippen LogP contribution in [0.5, 0.6) is 5.75 Å². The zero-order valence-corrected chi connectivity index (χ0v) is 12.7. The van der Waals surface area contributed by atoms with Crippen molar-refractivity contribution in [2.24, 2.45) is 5.73 Å². The van der Waals surface area contributed by atoms with Crippen LogP contribution >= 0.6 is 0 Å². The first-order chi connectivity index (χ1) is 9.78. The summed E-state index contributed by atoms with van der Waals surface area (Å²) in [5, 5.41) is 0. The van der Waals surface area contributed by atoms with Gasteiger partial charge in [0, 0.05) is 11.3 Å². The fraction of sp³-hybridized carbons (Fsp3) is 0.467. The number of carbonyl (C=O) groups excluding carboxylic acids is 2. The molecule has 1 heterocycles. The van der Waals surface area contributed by atoms with E-state index in [-0.39, 0.29) is 12.6 Å². The standard InChI is InChI=1S/C15H20N2O4/c1-15(2,3)21-14(19)12-10-7-9(20-4)5-6-11(10)17(8-16)13(12)18/h5-7,12H,8,16H2,1-4H3. The van der Waals surface area contributed by atoms with E-state index in [1.54, 1.807) is 39.0 Å². The highest BCUT2D eigenvalue weighted by Crippen LogP contribution is 2.40. The average Bonchev–Trinajstić information content (AvgIpc) is 2.67. The number of carbonyl (C=O) groups is 2. The lowest BCUT2D eigenvalue weighted by Gasteiger charge is -2.22. The van der Waals surface area contributed by atoms with Crippen LogP contribution in [0.3, 0.4) is 0 Å². The molecule has 0 saturated carbocycles. The number of rotatable bonds is 3. The van der Waals surface area contributed by atoms with Crippen molar-refractivity contribution in [3.05, 3.63) is 23.8 Å². The highest BCUT2D eigenvalue weighted by Gasteiger charge is 2.43. The van der Waals surface area contributed by atoms with Gasteiger partial charge in [-0.3, -0.25) is 14.5 Å². The van der Waals surface area contributed by atoms with Crippen LogP contribution in [-0.4, -0.2) is 31.3 Å². The molecule has 1 unspecified atom stereocenters. The van der Waals surface area contributed by atoms with Crippen LogP contribution in [-0.2, 0) is 14.3 Å². The Bertz CT molecular complexity index is 578. The van der Waals surface area contributed by atoms with E-state index in [9.17, 15) is 9.59 Å². The predicted molar refractivity (Wildman–Crippen MR) is 78.1 cm³/mol. The number of methoxy groups -OCH3 is 1.